The molecule has 27 heavy (non-hydrogen) atoms. The number of hydrogen-bond acceptors (Lipinski definition) is 4. The van der Waals surface area contributed by atoms with Crippen LogP contribution in [-0.4, -0.2) is 0 Å². The zero-order chi connectivity index (χ0) is 18.6. The van der Waals surface area contributed by atoms with Gasteiger partial charge in [0.1, 0.15) is 23.9 Å². The Hall–Kier alpha value is -3.36. The molecule has 1 heterocycles. The first-order valence-corrected chi connectivity index (χ1v) is 8.50. The Kier molecular flexibility index (Phi) is 4.73. The molecule has 134 valence electrons. The molecule has 3 aromatic rings. The van der Waals surface area contributed by atoms with Crippen molar-refractivity contribution in [2.45, 2.75) is 19.5 Å². The third-order valence-corrected chi connectivity index (χ3v) is 4.27. The molecule has 0 unspecified atom stereocenters. The number of fused-ring (bicyclic) bond motifs is 1. The van der Waals surface area contributed by atoms with Crippen LogP contribution < -0.4 is 9.47 Å². The zero-order valence-electron chi connectivity index (χ0n) is 14.4. The zero-order valence-corrected chi connectivity index (χ0v) is 14.4. The second-order valence-corrected chi connectivity index (χ2v) is 6.15. The van der Waals surface area contributed by atoms with E-state index >= 15 is 0 Å². The van der Waals surface area contributed by atoms with Gasteiger partial charge < -0.3 is 14.2 Å². The second kappa shape index (κ2) is 7.48. The molecule has 0 N–H and O–H groups in total. The van der Waals surface area contributed by atoms with Crippen molar-refractivity contribution in [2.75, 3.05) is 0 Å². The van der Waals surface area contributed by atoms with Crippen molar-refractivity contribution in [3.05, 3.63) is 94.8 Å². The predicted molar refractivity (Wildman–Crippen MR) is 96.5 cm³/mol. The molecule has 0 spiro atoms. The van der Waals surface area contributed by atoms with Gasteiger partial charge in [-0.15, -0.1) is 0 Å². The molecule has 0 saturated heterocycles. The lowest BCUT2D eigenvalue weighted by Crippen LogP contribution is -2.19. The monoisotopic (exact) mass is 361 g/mol. The molecule has 3 aromatic carbocycles. The predicted octanol–water partition coefficient (Wildman–Crippen LogP) is 4.88. The Labute approximate surface area is 156 Å². The number of nitriles is 1. The summed E-state index contributed by atoms with van der Waals surface area (Å²) in [5.41, 5.74) is 2.71. The van der Waals surface area contributed by atoms with Crippen LogP contribution in [0.25, 0.3) is 0 Å². The third kappa shape index (κ3) is 3.76. The van der Waals surface area contributed by atoms with Gasteiger partial charge in [0.15, 0.2) is 0 Å². The largest absolute Gasteiger partial charge is 0.489 e. The van der Waals surface area contributed by atoms with Gasteiger partial charge in [-0.25, -0.2) is 4.39 Å². The number of rotatable bonds is 4. The standard InChI is InChI=1S/C22H16FNO3/c23-19-10-17(13-25-20-8-6-15(12-24)7-9-20)21-18(11-19)14-26-22(27-21)16-4-2-1-3-5-16/h1-11,22H,13-14H2/t22-/m0/s1. The molecule has 0 saturated carbocycles. The van der Waals surface area contributed by atoms with Crippen molar-refractivity contribution in [3.63, 3.8) is 0 Å². The van der Waals surface area contributed by atoms with E-state index in [1.54, 1.807) is 24.3 Å². The molecule has 0 amide bonds. The third-order valence-electron chi connectivity index (χ3n) is 4.27. The van der Waals surface area contributed by atoms with E-state index in [2.05, 4.69) is 6.07 Å². The van der Waals surface area contributed by atoms with Crippen LogP contribution in [0.1, 0.15) is 28.5 Å². The molecule has 0 fully saturated rings. The summed E-state index contributed by atoms with van der Waals surface area (Å²) in [6, 6.07) is 21.2. The summed E-state index contributed by atoms with van der Waals surface area (Å²) in [5.74, 6) is 0.821. The Balaban J connectivity index is 1.56. The lowest BCUT2D eigenvalue weighted by molar-refractivity contribution is -0.112. The normalized spacial score (nSPS) is 15.3. The van der Waals surface area contributed by atoms with E-state index in [1.807, 2.05) is 30.3 Å². The van der Waals surface area contributed by atoms with Crippen molar-refractivity contribution < 1.29 is 18.6 Å². The minimum atomic E-state index is -0.544. The summed E-state index contributed by atoms with van der Waals surface area (Å²) in [7, 11) is 0. The molecule has 4 nitrogen and oxygen atoms in total. The van der Waals surface area contributed by atoms with Gasteiger partial charge in [0, 0.05) is 16.7 Å². The van der Waals surface area contributed by atoms with Gasteiger partial charge in [0.05, 0.1) is 18.2 Å². The summed E-state index contributed by atoms with van der Waals surface area (Å²) in [6.45, 7) is 0.407. The van der Waals surface area contributed by atoms with Crippen molar-refractivity contribution in [2.24, 2.45) is 0 Å². The highest BCUT2D eigenvalue weighted by molar-refractivity contribution is 5.43. The number of benzene rings is 3. The molecule has 0 aromatic heterocycles. The number of halogens is 1. The summed E-state index contributed by atoms with van der Waals surface area (Å²) >= 11 is 0. The fourth-order valence-corrected chi connectivity index (χ4v) is 2.95. The van der Waals surface area contributed by atoms with Crippen LogP contribution in [0.4, 0.5) is 4.39 Å². The smallest absolute Gasteiger partial charge is 0.227 e. The van der Waals surface area contributed by atoms with Gasteiger partial charge in [0.25, 0.3) is 0 Å². The van der Waals surface area contributed by atoms with E-state index < -0.39 is 6.29 Å². The van der Waals surface area contributed by atoms with Gasteiger partial charge in [-0.2, -0.15) is 5.26 Å². The van der Waals surface area contributed by atoms with Crippen LogP contribution >= 0.6 is 0 Å². The van der Waals surface area contributed by atoms with Crippen molar-refractivity contribution in [1.82, 2.24) is 0 Å². The molecule has 1 aliphatic rings. The Morgan fingerprint density at radius 3 is 2.59 bits per heavy atom. The maximum atomic E-state index is 14.0. The van der Waals surface area contributed by atoms with Gasteiger partial charge in [0.2, 0.25) is 6.29 Å². The highest BCUT2D eigenvalue weighted by Crippen LogP contribution is 2.37. The highest BCUT2D eigenvalue weighted by atomic mass is 19.1. The van der Waals surface area contributed by atoms with Crippen LogP contribution in [0.5, 0.6) is 11.5 Å². The molecule has 4 rings (SSSR count). The average molecular weight is 361 g/mol. The number of hydrogen-bond donors (Lipinski definition) is 0. The first-order valence-electron chi connectivity index (χ1n) is 8.50. The van der Waals surface area contributed by atoms with Crippen molar-refractivity contribution >= 4 is 0 Å². The highest BCUT2D eigenvalue weighted by Gasteiger charge is 2.25. The van der Waals surface area contributed by atoms with E-state index in [4.69, 9.17) is 19.5 Å². The maximum Gasteiger partial charge on any atom is 0.227 e. The summed E-state index contributed by atoms with van der Waals surface area (Å²) < 4.78 is 31.5. The van der Waals surface area contributed by atoms with Gasteiger partial charge in [-0.1, -0.05) is 30.3 Å². The van der Waals surface area contributed by atoms with E-state index in [0.29, 0.717) is 28.2 Å². The number of ether oxygens (including phenoxy) is 3. The minimum absolute atomic E-state index is 0.146. The topological polar surface area (TPSA) is 51.5 Å². The average Bonchev–Trinajstić information content (AvgIpc) is 2.72. The quantitative estimate of drug-likeness (QED) is 0.664. The van der Waals surface area contributed by atoms with Crippen LogP contribution in [0.3, 0.4) is 0 Å². The second-order valence-electron chi connectivity index (χ2n) is 6.15. The van der Waals surface area contributed by atoms with E-state index in [9.17, 15) is 4.39 Å². The summed E-state index contributed by atoms with van der Waals surface area (Å²) in [4.78, 5) is 0. The van der Waals surface area contributed by atoms with E-state index in [-0.39, 0.29) is 19.0 Å². The van der Waals surface area contributed by atoms with E-state index in [1.165, 1.54) is 12.1 Å². The Morgan fingerprint density at radius 2 is 1.85 bits per heavy atom. The molecule has 1 aliphatic heterocycles. The van der Waals surface area contributed by atoms with Crippen molar-refractivity contribution in [1.29, 1.82) is 5.26 Å². The van der Waals surface area contributed by atoms with Crippen LogP contribution in [0.15, 0.2) is 66.7 Å². The fourth-order valence-electron chi connectivity index (χ4n) is 2.95. The molecule has 0 bridgehead atoms. The Morgan fingerprint density at radius 1 is 1.07 bits per heavy atom. The van der Waals surface area contributed by atoms with Crippen LogP contribution in [0, 0.1) is 17.1 Å². The lowest BCUT2D eigenvalue weighted by atomic mass is 10.1. The minimum Gasteiger partial charge on any atom is -0.489 e. The maximum absolute atomic E-state index is 14.0. The molecular formula is C22H16FNO3. The molecule has 5 heteroatoms. The Bertz CT molecular complexity index is 981. The SMILES string of the molecule is N#Cc1ccc(OCc2cc(F)cc3c2O[C@@H](c2ccccc2)OC3)cc1. The van der Waals surface area contributed by atoms with Gasteiger partial charge in [-0.05, 0) is 36.4 Å². The molecule has 0 radical (unpaired) electrons. The summed E-state index contributed by atoms with van der Waals surface area (Å²) in [6.07, 6.45) is -0.544. The fraction of sp³-hybridized carbons (Fsp3) is 0.136. The first kappa shape index (κ1) is 17.1. The van der Waals surface area contributed by atoms with Gasteiger partial charge in [-0.3, -0.25) is 0 Å². The molecule has 0 aliphatic carbocycles. The van der Waals surface area contributed by atoms with Gasteiger partial charge >= 0.3 is 0 Å². The summed E-state index contributed by atoms with van der Waals surface area (Å²) in [5, 5.41) is 8.86. The lowest BCUT2D eigenvalue weighted by Gasteiger charge is -2.28. The molecule has 1 atom stereocenters. The van der Waals surface area contributed by atoms with Crippen LogP contribution in [-0.2, 0) is 18.0 Å². The number of nitrogens with zero attached hydrogens (tertiary/aromatic N) is 1. The van der Waals surface area contributed by atoms with Crippen molar-refractivity contribution in [3.8, 4) is 17.6 Å². The van der Waals surface area contributed by atoms with E-state index in [0.717, 1.165) is 5.56 Å². The van der Waals surface area contributed by atoms with Crippen LogP contribution in [0.2, 0.25) is 0 Å². The first-order chi connectivity index (χ1) is 13.2. The molecular weight excluding hydrogens is 345 g/mol.